The molecule has 2 aromatic carbocycles. The quantitative estimate of drug-likeness (QED) is 0.809. The maximum absolute atomic E-state index is 13.8. The molecule has 0 aliphatic rings. The summed E-state index contributed by atoms with van der Waals surface area (Å²) < 4.78 is 18.6. The standard InChI is InChI=1S/C19H20FNO4/c1-12-4-3-5-13(10-12)6-9-17(22)21-18(19(23)24)14-7-8-16(25-2)15(20)11-14/h3-5,7-8,10-11,18H,6,9H2,1-2H3,(H,21,22)(H,23,24). The van der Waals surface area contributed by atoms with Crippen molar-refractivity contribution >= 4 is 11.9 Å². The van der Waals surface area contributed by atoms with Gasteiger partial charge >= 0.3 is 5.97 Å². The lowest BCUT2D eigenvalue weighted by Crippen LogP contribution is -2.34. The first-order chi connectivity index (χ1) is 11.9. The van der Waals surface area contributed by atoms with E-state index in [0.717, 1.165) is 17.2 Å². The van der Waals surface area contributed by atoms with E-state index in [0.29, 0.717) is 6.42 Å². The largest absolute Gasteiger partial charge is 0.494 e. The van der Waals surface area contributed by atoms with Crippen LogP contribution in [-0.4, -0.2) is 24.1 Å². The molecule has 132 valence electrons. The van der Waals surface area contributed by atoms with E-state index >= 15 is 0 Å². The van der Waals surface area contributed by atoms with Gasteiger partial charge in [-0.2, -0.15) is 0 Å². The van der Waals surface area contributed by atoms with Gasteiger partial charge in [0.05, 0.1) is 7.11 Å². The molecule has 2 N–H and O–H groups in total. The van der Waals surface area contributed by atoms with Gasteiger partial charge in [-0.3, -0.25) is 4.79 Å². The lowest BCUT2D eigenvalue weighted by atomic mass is 10.0. The molecule has 0 spiro atoms. The molecule has 0 aliphatic heterocycles. The number of carboxylic acid groups (broad SMARTS) is 1. The molecule has 0 bridgehead atoms. The van der Waals surface area contributed by atoms with Crippen LogP contribution in [0.15, 0.2) is 42.5 Å². The third-order valence-electron chi connectivity index (χ3n) is 3.78. The number of halogens is 1. The number of hydrogen-bond donors (Lipinski definition) is 2. The van der Waals surface area contributed by atoms with Gasteiger partial charge in [0.25, 0.3) is 0 Å². The van der Waals surface area contributed by atoms with Crippen LogP contribution in [0.4, 0.5) is 4.39 Å². The second-order valence-corrected chi connectivity index (χ2v) is 5.72. The number of aliphatic carboxylic acids is 1. The van der Waals surface area contributed by atoms with Crippen LogP contribution in [0.3, 0.4) is 0 Å². The number of carboxylic acids is 1. The molecule has 0 aromatic heterocycles. The summed E-state index contributed by atoms with van der Waals surface area (Å²) >= 11 is 0. The topological polar surface area (TPSA) is 75.6 Å². The van der Waals surface area contributed by atoms with E-state index in [2.05, 4.69) is 5.32 Å². The van der Waals surface area contributed by atoms with Crippen molar-refractivity contribution in [1.29, 1.82) is 0 Å². The third-order valence-corrected chi connectivity index (χ3v) is 3.78. The Labute approximate surface area is 145 Å². The number of aryl methyl sites for hydroxylation is 2. The number of methoxy groups -OCH3 is 1. The molecule has 2 aromatic rings. The van der Waals surface area contributed by atoms with Crippen molar-refractivity contribution in [2.75, 3.05) is 7.11 Å². The van der Waals surface area contributed by atoms with Crippen LogP contribution < -0.4 is 10.1 Å². The van der Waals surface area contributed by atoms with E-state index < -0.39 is 23.7 Å². The summed E-state index contributed by atoms with van der Waals surface area (Å²) in [5.41, 5.74) is 2.24. The van der Waals surface area contributed by atoms with E-state index in [1.165, 1.54) is 19.2 Å². The van der Waals surface area contributed by atoms with E-state index in [1.54, 1.807) is 0 Å². The Morgan fingerprint density at radius 1 is 1.24 bits per heavy atom. The van der Waals surface area contributed by atoms with E-state index in [4.69, 9.17) is 4.74 Å². The van der Waals surface area contributed by atoms with Gasteiger partial charge in [0.2, 0.25) is 5.91 Å². The van der Waals surface area contributed by atoms with Crippen molar-refractivity contribution < 1.29 is 23.8 Å². The molecule has 0 saturated heterocycles. The highest BCUT2D eigenvalue weighted by atomic mass is 19.1. The van der Waals surface area contributed by atoms with Crippen molar-refractivity contribution in [3.05, 3.63) is 65.0 Å². The van der Waals surface area contributed by atoms with Crippen LogP contribution in [0.1, 0.15) is 29.2 Å². The highest BCUT2D eigenvalue weighted by molar-refractivity contribution is 5.84. The summed E-state index contributed by atoms with van der Waals surface area (Å²) in [6.07, 6.45) is 0.642. The predicted molar refractivity (Wildman–Crippen MR) is 91.0 cm³/mol. The zero-order valence-corrected chi connectivity index (χ0v) is 14.1. The third kappa shape index (κ3) is 5.04. The molecule has 1 amide bonds. The number of nitrogens with one attached hydrogen (secondary N) is 1. The Morgan fingerprint density at radius 3 is 2.60 bits per heavy atom. The average molecular weight is 345 g/mol. The number of hydrogen-bond acceptors (Lipinski definition) is 3. The lowest BCUT2D eigenvalue weighted by Gasteiger charge is -2.16. The van der Waals surface area contributed by atoms with Gasteiger partial charge in [0, 0.05) is 6.42 Å². The summed E-state index contributed by atoms with van der Waals surface area (Å²) in [5.74, 6) is -2.34. The molecule has 0 heterocycles. The zero-order chi connectivity index (χ0) is 18.4. The smallest absolute Gasteiger partial charge is 0.330 e. The fourth-order valence-corrected chi connectivity index (χ4v) is 2.51. The Hall–Kier alpha value is -2.89. The molecular formula is C19H20FNO4. The van der Waals surface area contributed by atoms with Crippen molar-refractivity contribution in [3.63, 3.8) is 0 Å². The minimum atomic E-state index is -1.31. The summed E-state index contributed by atoms with van der Waals surface area (Å²) in [6.45, 7) is 1.96. The minimum absolute atomic E-state index is 0.0127. The van der Waals surface area contributed by atoms with Crippen molar-refractivity contribution in [3.8, 4) is 5.75 Å². The number of carbonyl (C=O) groups excluding carboxylic acids is 1. The zero-order valence-electron chi connectivity index (χ0n) is 14.1. The molecule has 6 heteroatoms. The number of ether oxygens (including phenoxy) is 1. The molecule has 2 rings (SSSR count). The number of amides is 1. The molecule has 0 saturated carbocycles. The van der Waals surface area contributed by atoms with Gasteiger partial charge in [0.15, 0.2) is 17.6 Å². The highest BCUT2D eigenvalue weighted by Crippen LogP contribution is 2.22. The van der Waals surface area contributed by atoms with E-state index in [-0.39, 0.29) is 17.7 Å². The number of benzene rings is 2. The number of rotatable bonds is 7. The van der Waals surface area contributed by atoms with Crippen LogP contribution in [0.5, 0.6) is 5.75 Å². The van der Waals surface area contributed by atoms with Crippen LogP contribution in [0, 0.1) is 12.7 Å². The van der Waals surface area contributed by atoms with Crippen molar-refractivity contribution in [2.45, 2.75) is 25.8 Å². The Balaban J connectivity index is 2.04. The van der Waals surface area contributed by atoms with Crippen LogP contribution in [0.2, 0.25) is 0 Å². The average Bonchev–Trinajstić information content (AvgIpc) is 2.57. The normalized spacial score (nSPS) is 11.6. The Bertz CT molecular complexity index is 776. The summed E-state index contributed by atoms with van der Waals surface area (Å²) in [6, 6.07) is 10.2. The van der Waals surface area contributed by atoms with Crippen LogP contribution in [-0.2, 0) is 16.0 Å². The summed E-state index contributed by atoms with van der Waals surface area (Å²) in [7, 11) is 1.32. The van der Waals surface area contributed by atoms with Crippen LogP contribution >= 0.6 is 0 Å². The predicted octanol–water partition coefficient (Wildman–Crippen LogP) is 3.02. The summed E-state index contributed by atoms with van der Waals surface area (Å²) in [4.78, 5) is 23.6. The molecule has 1 atom stereocenters. The SMILES string of the molecule is COc1ccc(C(NC(=O)CCc2cccc(C)c2)C(=O)O)cc1F. The van der Waals surface area contributed by atoms with Gasteiger partial charge < -0.3 is 15.2 Å². The molecule has 0 fully saturated rings. The maximum Gasteiger partial charge on any atom is 0.330 e. The van der Waals surface area contributed by atoms with Crippen LogP contribution in [0.25, 0.3) is 0 Å². The Morgan fingerprint density at radius 2 is 2.00 bits per heavy atom. The van der Waals surface area contributed by atoms with Gasteiger partial charge in [-0.1, -0.05) is 35.9 Å². The van der Waals surface area contributed by atoms with E-state index in [9.17, 15) is 19.1 Å². The first-order valence-corrected chi connectivity index (χ1v) is 7.82. The molecule has 0 radical (unpaired) electrons. The van der Waals surface area contributed by atoms with Gasteiger partial charge in [-0.15, -0.1) is 0 Å². The fraction of sp³-hybridized carbons (Fsp3) is 0.263. The highest BCUT2D eigenvalue weighted by Gasteiger charge is 2.23. The molecule has 1 unspecified atom stereocenters. The minimum Gasteiger partial charge on any atom is -0.494 e. The number of carbonyl (C=O) groups is 2. The van der Waals surface area contributed by atoms with Gasteiger partial charge in [-0.05, 0) is 36.6 Å². The van der Waals surface area contributed by atoms with E-state index in [1.807, 2.05) is 31.2 Å². The first-order valence-electron chi connectivity index (χ1n) is 7.82. The van der Waals surface area contributed by atoms with Gasteiger partial charge in [-0.25, -0.2) is 9.18 Å². The Kier molecular flexibility index (Phi) is 6.11. The maximum atomic E-state index is 13.8. The first kappa shape index (κ1) is 18.4. The second-order valence-electron chi connectivity index (χ2n) is 5.72. The summed E-state index contributed by atoms with van der Waals surface area (Å²) in [5, 5.41) is 11.8. The monoisotopic (exact) mass is 345 g/mol. The van der Waals surface area contributed by atoms with Gasteiger partial charge in [0.1, 0.15) is 0 Å². The lowest BCUT2D eigenvalue weighted by molar-refractivity contribution is -0.142. The molecule has 5 nitrogen and oxygen atoms in total. The molecular weight excluding hydrogens is 325 g/mol. The van der Waals surface area contributed by atoms with Crippen molar-refractivity contribution in [2.24, 2.45) is 0 Å². The molecule has 25 heavy (non-hydrogen) atoms. The molecule has 0 aliphatic carbocycles. The fourth-order valence-electron chi connectivity index (χ4n) is 2.51. The second kappa shape index (κ2) is 8.28. The van der Waals surface area contributed by atoms with Crippen molar-refractivity contribution in [1.82, 2.24) is 5.32 Å².